The second-order valence-electron chi connectivity index (χ2n) is 6.92. The van der Waals surface area contributed by atoms with Crippen molar-refractivity contribution in [2.45, 2.75) is 45.3 Å². The van der Waals surface area contributed by atoms with Crippen LogP contribution in [-0.4, -0.2) is 52.9 Å². The van der Waals surface area contributed by atoms with Gasteiger partial charge in [-0.2, -0.15) is 0 Å². The minimum Gasteiger partial charge on any atom is -0.484 e. The second kappa shape index (κ2) is 10.4. The third kappa shape index (κ3) is 6.78. The number of guanidine groups is 1. The van der Waals surface area contributed by atoms with E-state index in [4.69, 9.17) is 4.74 Å². The largest absolute Gasteiger partial charge is 0.484 e. The van der Waals surface area contributed by atoms with Gasteiger partial charge in [0.1, 0.15) is 17.9 Å². The normalized spacial score (nSPS) is 13.8. The molecule has 0 radical (unpaired) electrons. The van der Waals surface area contributed by atoms with Crippen molar-refractivity contribution < 1.29 is 9.53 Å². The van der Waals surface area contributed by atoms with E-state index < -0.39 is 0 Å². The van der Waals surface area contributed by atoms with Gasteiger partial charge in [-0.3, -0.25) is 9.79 Å². The summed E-state index contributed by atoms with van der Waals surface area (Å²) in [7, 11) is 1.74. The smallest absolute Gasteiger partial charge is 0.258 e. The molecule has 0 unspecified atom stereocenters. The number of aromatic nitrogens is 3. The Bertz CT molecular complexity index is 830. The number of aliphatic imine (C=N–C) groups is 1. The minimum absolute atomic E-state index is 0.0411. The predicted molar refractivity (Wildman–Crippen MR) is 111 cm³/mol. The van der Waals surface area contributed by atoms with Crippen molar-refractivity contribution in [1.82, 2.24) is 30.7 Å². The molecule has 1 heterocycles. The highest BCUT2D eigenvalue weighted by atomic mass is 16.5. The summed E-state index contributed by atoms with van der Waals surface area (Å²) in [6.07, 6.45) is 4.74. The van der Waals surface area contributed by atoms with Crippen LogP contribution in [-0.2, 0) is 24.3 Å². The molecule has 1 aromatic heterocycles. The quantitative estimate of drug-likeness (QED) is 0.404. The number of rotatable bonds is 10. The molecule has 0 spiro atoms. The van der Waals surface area contributed by atoms with E-state index in [9.17, 15) is 4.79 Å². The zero-order valence-corrected chi connectivity index (χ0v) is 17.0. The molecular weight excluding hydrogens is 370 g/mol. The van der Waals surface area contributed by atoms with Crippen LogP contribution in [0, 0.1) is 0 Å². The fraction of sp³-hybridized carbons (Fsp3) is 0.500. The van der Waals surface area contributed by atoms with Gasteiger partial charge in [-0.1, -0.05) is 19.1 Å². The van der Waals surface area contributed by atoms with E-state index in [2.05, 4.69) is 38.1 Å². The summed E-state index contributed by atoms with van der Waals surface area (Å²) in [4.78, 5) is 16.0. The average Bonchev–Trinajstić information content (AvgIpc) is 3.43. The molecule has 9 heteroatoms. The van der Waals surface area contributed by atoms with E-state index in [1.165, 1.54) is 0 Å². The number of hydrogen-bond acceptors (Lipinski definition) is 5. The third-order valence-electron chi connectivity index (χ3n) is 4.55. The molecule has 156 valence electrons. The number of amides is 1. The highest BCUT2D eigenvalue weighted by Crippen LogP contribution is 2.18. The van der Waals surface area contributed by atoms with E-state index in [0.29, 0.717) is 30.8 Å². The van der Waals surface area contributed by atoms with Crippen LogP contribution in [0.4, 0.5) is 0 Å². The maximum absolute atomic E-state index is 11.7. The summed E-state index contributed by atoms with van der Waals surface area (Å²) in [5.74, 6) is 2.29. The zero-order chi connectivity index (χ0) is 20.5. The van der Waals surface area contributed by atoms with Gasteiger partial charge >= 0.3 is 0 Å². The molecule has 1 aliphatic rings. The Hall–Kier alpha value is -3.10. The first kappa shape index (κ1) is 20.6. The maximum Gasteiger partial charge on any atom is 0.258 e. The highest BCUT2D eigenvalue weighted by Gasteiger charge is 2.23. The fourth-order valence-corrected chi connectivity index (χ4v) is 2.83. The number of nitrogens with one attached hydrogen (secondary N) is 3. The number of ether oxygens (including phenoxy) is 1. The summed E-state index contributed by atoms with van der Waals surface area (Å²) in [5.41, 5.74) is 1.04. The third-order valence-corrected chi connectivity index (χ3v) is 4.55. The molecule has 0 bridgehead atoms. The van der Waals surface area contributed by atoms with Crippen molar-refractivity contribution in [2.24, 2.45) is 4.99 Å². The summed E-state index contributed by atoms with van der Waals surface area (Å²) in [6, 6.07) is 8.04. The molecule has 9 nitrogen and oxygen atoms in total. The molecule has 0 saturated heterocycles. The Morgan fingerprint density at radius 3 is 2.97 bits per heavy atom. The van der Waals surface area contributed by atoms with Crippen LogP contribution in [0.2, 0.25) is 0 Å². The van der Waals surface area contributed by atoms with Crippen LogP contribution in [0.3, 0.4) is 0 Å². The van der Waals surface area contributed by atoms with Gasteiger partial charge in [-0.05, 0) is 30.5 Å². The van der Waals surface area contributed by atoms with Crippen molar-refractivity contribution in [3.8, 4) is 5.75 Å². The van der Waals surface area contributed by atoms with Gasteiger partial charge in [0.05, 0.1) is 0 Å². The Labute approximate surface area is 171 Å². The minimum atomic E-state index is -0.0695. The fourth-order valence-electron chi connectivity index (χ4n) is 2.83. The Kier molecular flexibility index (Phi) is 7.43. The molecule has 1 fully saturated rings. The molecule has 0 atom stereocenters. The lowest BCUT2D eigenvalue weighted by Gasteiger charge is -2.13. The molecule has 1 amide bonds. The molecule has 3 N–H and O–H groups in total. The van der Waals surface area contributed by atoms with Crippen molar-refractivity contribution in [3.63, 3.8) is 0 Å². The van der Waals surface area contributed by atoms with Crippen LogP contribution in [0.1, 0.15) is 31.2 Å². The van der Waals surface area contributed by atoms with E-state index in [0.717, 1.165) is 37.2 Å². The van der Waals surface area contributed by atoms with Gasteiger partial charge in [0.15, 0.2) is 12.6 Å². The molecule has 1 aromatic carbocycles. The van der Waals surface area contributed by atoms with Gasteiger partial charge < -0.3 is 25.3 Å². The van der Waals surface area contributed by atoms with Gasteiger partial charge in [0.2, 0.25) is 0 Å². The number of aryl methyl sites for hydroxylation is 1. The van der Waals surface area contributed by atoms with Crippen LogP contribution in [0.25, 0.3) is 0 Å². The topological polar surface area (TPSA) is 105 Å². The molecule has 3 rings (SSSR count). The molecule has 1 saturated carbocycles. The molecule has 1 aliphatic carbocycles. The lowest BCUT2D eigenvalue weighted by atomic mass is 10.2. The summed E-state index contributed by atoms with van der Waals surface area (Å²) >= 11 is 0. The predicted octanol–water partition coefficient (Wildman–Crippen LogP) is 0.863. The van der Waals surface area contributed by atoms with Crippen molar-refractivity contribution in [1.29, 1.82) is 0 Å². The molecular formula is C20H29N7O2. The molecule has 0 aliphatic heterocycles. The van der Waals surface area contributed by atoms with Gasteiger partial charge in [-0.25, -0.2) is 0 Å². The van der Waals surface area contributed by atoms with Crippen LogP contribution >= 0.6 is 0 Å². The molecule has 2 aromatic rings. The van der Waals surface area contributed by atoms with E-state index in [1.807, 2.05) is 28.8 Å². The lowest BCUT2D eigenvalue weighted by Crippen LogP contribution is -2.38. The first-order valence-electron chi connectivity index (χ1n) is 10.00. The van der Waals surface area contributed by atoms with E-state index in [-0.39, 0.29) is 12.5 Å². The van der Waals surface area contributed by atoms with E-state index >= 15 is 0 Å². The van der Waals surface area contributed by atoms with Crippen molar-refractivity contribution in [3.05, 3.63) is 42.0 Å². The Balaban J connectivity index is 1.41. The lowest BCUT2D eigenvalue weighted by molar-refractivity contribution is -0.123. The highest BCUT2D eigenvalue weighted by molar-refractivity contribution is 5.79. The number of carbonyl (C=O) groups is 1. The van der Waals surface area contributed by atoms with Crippen LogP contribution in [0.5, 0.6) is 5.75 Å². The number of carbonyl (C=O) groups excluding carboxylic acids is 1. The second-order valence-corrected chi connectivity index (χ2v) is 6.92. The first-order chi connectivity index (χ1) is 14.2. The summed E-state index contributed by atoms with van der Waals surface area (Å²) in [5, 5.41) is 17.5. The van der Waals surface area contributed by atoms with Crippen LogP contribution in [0.15, 0.2) is 35.6 Å². The van der Waals surface area contributed by atoms with Crippen molar-refractivity contribution in [2.75, 3.05) is 20.2 Å². The zero-order valence-electron chi connectivity index (χ0n) is 17.0. The summed E-state index contributed by atoms with van der Waals surface area (Å²) in [6.45, 7) is 4.18. The van der Waals surface area contributed by atoms with Gasteiger partial charge in [0.25, 0.3) is 5.91 Å². The Morgan fingerprint density at radius 2 is 2.21 bits per heavy atom. The number of benzene rings is 1. The van der Waals surface area contributed by atoms with Gasteiger partial charge in [0, 0.05) is 39.1 Å². The number of nitrogens with zero attached hydrogens (tertiary/aromatic N) is 4. The SMILES string of the molecule is CCc1nncn1CCNC(=NC)NCc1cccc(OCC(=O)NC2CC2)c1. The van der Waals surface area contributed by atoms with Gasteiger partial charge in [-0.15, -0.1) is 10.2 Å². The molecule has 29 heavy (non-hydrogen) atoms. The summed E-state index contributed by atoms with van der Waals surface area (Å²) < 4.78 is 7.63. The number of hydrogen-bond donors (Lipinski definition) is 3. The average molecular weight is 399 g/mol. The standard InChI is InChI=1S/C20H29N7O2/c1-3-18-26-24-14-27(18)10-9-22-20(21-2)23-12-15-5-4-6-17(11-15)29-13-19(28)25-16-7-8-16/h4-6,11,14,16H,3,7-10,12-13H2,1-2H3,(H,25,28)(H2,21,22,23). The monoisotopic (exact) mass is 399 g/mol. The van der Waals surface area contributed by atoms with E-state index in [1.54, 1.807) is 13.4 Å². The maximum atomic E-state index is 11.7. The Morgan fingerprint density at radius 1 is 1.34 bits per heavy atom. The first-order valence-corrected chi connectivity index (χ1v) is 10.00. The van der Waals surface area contributed by atoms with Crippen molar-refractivity contribution >= 4 is 11.9 Å². The van der Waals surface area contributed by atoms with Crippen LogP contribution < -0.4 is 20.7 Å².